The summed E-state index contributed by atoms with van der Waals surface area (Å²) in [5.74, 6) is 0.414. The number of ether oxygens (including phenoxy) is 1. The highest BCUT2D eigenvalue weighted by Gasteiger charge is 2.24. The van der Waals surface area contributed by atoms with Gasteiger partial charge in [-0.25, -0.2) is 4.39 Å². The average Bonchev–Trinajstić information content (AvgIpc) is 2.73. The second-order valence-electron chi connectivity index (χ2n) is 4.81. The van der Waals surface area contributed by atoms with Crippen molar-refractivity contribution >= 4 is 0 Å². The standard InChI is InChI=1S/C14H20FNO/c1-10(12-3-5-14(15)6-4-12)16-9-13-7-8-17-11(13)2/h3-6,10-11,13,16H,7-9H2,1-2H3. The number of hydrogen-bond donors (Lipinski definition) is 1. The van der Waals surface area contributed by atoms with Crippen LogP contribution in [-0.4, -0.2) is 19.3 Å². The molecule has 3 unspecified atom stereocenters. The monoisotopic (exact) mass is 237 g/mol. The van der Waals surface area contributed by atoms with Crippen LogP contribution in [0, 0.1) is 11.7 Å². The fraction of sp³-hybridized carbons (Fsp3) is 0.571. The summed E-state index contributed by atoms with van der Waals surface area (Å²) in [6, 6.07) is 6.94. The fourth-order valence-electron chi connectivity index (χ4n) is 2.24. The van der Waals surface area contributed by atoms with E-state index in [-0.39, 0.29) is 11.9 Å². The van der Waals surface area contributed by atoms with Crippen LogP contribution in [-0.2, 0) is 4.74 Å². The number of benzene rings is 1. The molecule has 2 nitrogen and oxygen atoms in total. The first kappa shape index (κ1) is 12.5. The molecule has 0 bridgehead atoms. The van der Waals surface area contributed by atoms with Gasteiger partial charge in [-0.3, -0.25) is 0 Å². The lowest BCUT2D eigenvalue weighted by Crippen LogP contribution is -2.29. The number of nitrogens with one attached hydrogen (secondary N) is 1. The molecule has 1 aromatic carbocycles. The second kappa shape index (κ2) is 5.61. The molecule has 1 heterocycles. The van der Waals surface area contributed by atoms with Crippen molar-refractivity contribution in [3.8, 4) is 0 Å². The van der Waals surface area contributed by atoms with Crippen LogP contribution in [0.3, 0.4) is 0 Å². The maximum absolute atomic E-state index is 12.8. The summed E-state index contributed by atoms with van der Waals surface area (Å²) in [7, 11) is 0. The minimum Gasteiger partial charge on any atom is -0.378 e. The first-order chi connectivity index (χ1) is 8.16. The second-order valence-corrected chi connectivity index (χ2v) is 4.81. The molecule has 3 heteroatoms. The molecular weight excluding hydrogens is 217 g/mol. The molecule has 1 saturated heterocycles. The first-order valence-corrected chi connectivity index (χ1v) is 6.27. The third-order valence-corrected chi connectivity index (χ3v) is 3.59. The van der Waals surface area contributed by atoms with Gasteiger partial charge in [0.1, 0.15) is 5.82 Å². The average molecular weight is 237 g/mol. The highest BCUT2D eigenvalue weighted by Crippen LogP contribution is 2.21. The fourth-order valence-corrected chi connectivity index (χ4v) is 2.24. The third-order valence-electron chi connectivity index (χ3n) is 3.59. The molecule has 1 aliphatic rings. The Kier molecular flexibility index (Phi) is 4.13. The molecule has 0 saturated carbocycles. The van der Waals surface area contributed by atoms with E-state index < -0.39 is 0 Å². The molecule has 17 heavy (non-hydrogen) atoms. The van der Waals surface area contributed by atoms with E-state index in [1.54, 1.807) is 0 Å². The predicted octanol–water partition coefficient (Wildman–Crippen LogP) is 2.90. The predicted molar refractivity (Wildman–Crippen MR) is 66.3 cm³/mol. The van der Waals surface area contributed by atoms with E-state index in [1.807, 2.05) is 12.1 Å². The minimum atomic E-state index is -0.182. The van der Waals surface area contributed by atoms with Crippen LogP contribution in [0.5, 0.6) is 0 Å². The topological polar surface area (TPSA) is 21.3 Å². The van der Waals surface area contributed by atoms with Crippen molar-refractivity contribution in [3.05, 3.63) is 35.6 Å². The zero-order valence-corrected chi connectivity index (χ0v) is 10.4. The number of halogens is 1. The minimum absolute atomic E-state index is 0.182. The lowest BCUT2D eigenvalue weighted by atomic mass is 10.0. The molecule has 1 fully saturated rings. The van der Waals surface area contributed by atoms with Gasteiger partial charge in [0.2, 0.25) is 0 Å². The zero-order valence-electron chi connectivity index (χ0n) is 10.4. The molecule has 2 rings (SSSR count). The molecule has 94 valence electrons. The maximum atomic E-state index is 12.8. The van der Waals surface area contributed by atoms with Gasteiger partial charge < -0.3 is 10.1 Å². The molecule has 0 spiro atoms. The Morgan fingerprint density at radius 3 is 2.71 bits per heavy atom. The normalized spacial score (nSPS) is 26.1. The van der Waals surface area contributed by atoms with Crippen molar-refractivity contribution in [2.24, 2.45) is 5.92 Å². The summed E-state index contributed by atoms with van der Waals surface area (Å²) in [6.45, 7) is 6.06. The van der Waals surface area contributed by atoms with Crippen LogP contribution in [0.1, 0.15) is 31.9 Å². The quantitative estimate of drug-likeness (QED) is 0.869. The molecule has 0 aromatic heterocycles. The van der Waals surface area contributed by atoms with Crippen molar-refractivity contribution in [3.63, 3.8) is 0 Å². The Labute approximate surface area is 102 Å². The lowest BCUT2D eigenvalue weighted by Gasteiger charge is -2.19. The van der Waals surface area contributed by atoms with Gasteiger partial charge in [0, 0.05) is 19.2 Å². The van der Waals surface area contributed by atoms with E-state index in [4.69, 9.17) is 4.74 Å². The Morgan fingerprint density at radius 2 is 2.12 bits per heavy atom. The largest absolute Gasteiger partial charge is 0.378 e. The first-order valence-electron chi connectivity index (χ1n) is 6.27. The van der Waals surface area contributed by atoms with Crippen molar-refractivity contribution < 1.29 is 9.13 Å². The van der Waals surface area contributed by atoms with Gasteiger partial charge in [-0.1, -0.05) is 12.1 Å². The molecule has 3 atom stereocenters. The van der Waals surface area contributed by atoms with E-state index >= 15 is 0 Å². The van der Waals surface area contributed by atoms with Crippen LogP contribution in [0.25, 0.3) is 0 Å². The zero-order chi connectivity index (χ0) is 12.3. The van der Waals surface area contributed by atoms with Crippen LogP contribution in [0.2, 0.25) is 0 Å². The van der Waals surface area contributed by atoms with Gasteiger partial charge in [-0.15, -0.1) is 0 Å². The highest BCUT2D eigenvalue weighted by molar-refractivity contribution is 5.19. The van der Waals surface area contributed by atoms with Crippen LogP contribution < -0.4 is 5.32 Å². The van der Waals surface area contributed by atoms with E-state index in [9.17, 15) is 4.39 Å². The van der Waals surface area contributed by atoms with Crippen LogP contribution in [0.15, 0.2) is 24.3 Å². The van der Waals surface area contributed by atoms with Crippen molar-refractivity contribution in [2.75, 3.05) is 13.2 Å². The molecule has 1 aliphatic heterocycles. The van der Waals surface area contributed by atoms with E-state index in [1.165, 1.54) is 12.1 Å². The molecule has 0 aliphatic carbocycles. The summed E-state index contributed by atoms with van der Waals surface area (Å²) < 4.78 is 18.3. The van der Waals surface area contributed by atoms with E-state index in [0.717, 1.165) is 25.1 Å². The highest BCUT2D eigenvalue weighted by atomic mass is 19.1. The van der Waals surface area contributed by atoms with Gasteiger partial charge in [0.15, 0.2) is 0 Å². The van der Waals surface area contributed by atoms with E-state index in [0.29, 0.717) is 12.0 Å². The SMILES string of the molecule is CC(NCC1CCOC1C)c1ccc(F)cc1. The van der Waals surface area contributed by atoms with Crippen molar-refractivity contribution in [1.29, 1.82) is 0 Å². The molecular formula is C14H20FNO. The van der Waals surface area contributed by atoms with E-state index in [2.05, 4.69) is 19.2 Å². The van der Waals surface area contributed by atoms with Gasteiger partial charge in [0.25, 0.3) is 0 Å². The molecule has 1 aromatic rings. The number of hydrogen-bond acceptors (Lipinski definition) is 2. The van der Waals surface area contributed by atoms with Crippen molar-refractivity contribution in [2.45, 2.75) is 32.4 Å². The molecule has 0 radical (unpaired) electrons. The van der Waals surface area contributed by atoms with Crippen molar-refractivity contribution in [1.82, 2.24) is 5.32 Å². The summed E-state index contributed by atoms with van der Waals surface area (Å²) in [4.78, 5) is 0. The Hall–Kier alpha value is -0.930. The third kappa shape index (κ3) is 3.27. The van der Waals surface area contributed by atoms with Crippen LogP contribution in [0.4, 0.5) is 4.39 Å². The summed E-state index contributed by atoms with van der Waals surface area (Å²) in [6.07, 6.45) is 1.48. The Balaban J connectivity index is 1.84. The Morgan fingerprint density at radius 1 is 1.41 bits per heavy atom. The molecule has 0 amide bonds. The van der Waals surface area contributed by atoms with Gasteiger partial charge in [0.05, 0.1) is 6.10 Å². The van der Waals surface area contributed by atoms with Gasteiger partial charge in [-0.05, 0) is 43.9 Å². The summed E-state index contributed by atoms with van der Waals surface area (Å²) in [5, 5.41) is 3.49. The van der Waals surface area contributed by atoms with Crippen LogP contribution >= 0.6 is 0 Å². The Bertz CT molecular complexity index is 352. The smallest absolute Gasteiger partial charge is 0.123 e. The maximum Gasteiger partial charge on any atom is 0.123 e. The van der Waals surface area contributed by atoms with Gasteiger partial charge in [-0.2, -0.15) is 0 Å². The summed E-state index contributed by atoms with van der Waals surface area (Å²) in [5.41, 5.74) is 1.12. The number of rotatable bonds is 4. The van der Waals surface area contributed by atoms with Gasteiger partial charge >= 0.3 is 0 Å². The lowest BCUT2D eigenvalue weighted by molar-refractivity contribution is 0.105. The molecule has 1 N–H and O–H groups in total. The summed E-state index contributed by atoms with van der Waals surface area (Å²) >= 11 is 0.